The molecule has 0 aliphatic carbocycles. The third-order valence-corrected chi connectivity index (χ3v) is 6.02. The first-order chi connectivity index (χ1) is 13.7. The summed E-state index contributed by atoms with van der Waals surface area (Å²) in [7, 11) is 0. The fourth-order valence-electron chi connectivity index (χ4n) is 4.59. The smallest absolute Gasteiger partial charge is 0.289 e. The van der Waals surface area contributed by atoms with E-state index in [1.807, 2.05) is 0 Å². The van der Waals surface area contributed by atoms with Crippen molar-refractivity contribution in [2.24, 2.45) is 11.3 Å². The third-order valence-electron chi connectivity index (χ3n) is 6.02. The molecule has 1 N–H and O–H groups in total. The van der Waals surface area contributed by atoms with Crippen molar-refractivity contribution in [3.05, 3.63) is 57.0 Å². The number of rotatable bonds is 3. The van der Waals surface area contributed by atoms with Gasteiger partial charge < -0.3 is 23.7 Å². The SMILES string of the molecule is Cc1cc(=O)cc(C(=O)N2CC3CN(C(=O)c4cc(C)oc4C)CC3(CO)C2)o1. The van der Waals surface area contributed by atoms with Crippen molar-refractivity contribution >= 4 is 11.8 Å². The molecule has 2 unspecified atom stereocenters. The number of aliphatic hydroxyl groups is 1. The lowest BCUT2D eigenvalue weighted by molar-refractivity contribution is 0.0646. The number of furan rings is 1. The molecule has 154 valence electrons. The maximum absolute atomic E-state index is 12.9. The summed E-state index contributed by atoms with van der Waals surface area (Å²) in [6, 6.07) is 4.25. The molecule has 2 aromatic heterocycles. The van der Waals surface area contributed by atoms with E-state index in [-0.39, 0.29) is 35.5 Å². The number of fused-ring (bicyclic) bond motifs is 1. The zero-order valence-corrected chi connectivity index (χ0v) is 16.7. The number of aryl methyl sites for hydroxylation is 3. The van der Waals surface area contributed by atoms with Crippen LogP contribution in [0.5, 0.6) is 0 Å². The fourth-order valence-corrected chi connectivity index (χ4v) is 4.59. The molecule has 0 aromatic carbocycles. The minimum atomic E-state index is -0.581. The molecule has 2 aliphatic heterocycles. The first-order valence-corrected chi connectivity index (χ1v) is 9.61. The van der Waals surface area contributed by atoms with Crippen LogP contribution < -0.4 is 5.43 Å². The molecule has 0 bridgehead atoms. The quantitative estimate of drug-likeness (QED) is 0.834. The first-order valence-electron chi connectivity index (χ1n) is 9.61. The number of aliphatic hydroxyl groups excluding tert-OH is 1. The molecule has 4 heterocycles. The Morgan fingerprint density at radius 3 is 2.17 bits per heavy atom. The zero-order valence-electron chi connectivity index (χ0n) is 16.7. The monoisotopic (exact) mass is 400 g/mol. The molecule has 2 fully saturated rings. The third kappa shape index (κ3) is 3.27. The second-order valence-electron chi connectivity index (χ2n) is 8.18. The van der Waals surface area contributed by atoms with Crippen LogP contribution in [0.25, 0.3) is 0 Å². The standard InChI is InChI=1S/C21H24N2O6/c1-12-4-16(25)6-18(29-12)20(27)23-8-15-7-22(9-21(15,10-23)11-24)19(26)17-5-13(2)28-14(17)3/h4-6,15,24H,7-11H2,1-3H3. The van der Waals surface area contributed by atoms with Crippen LogP contribution in [-0.4, -0.2) is 59.5 Å². The van der Waals surface area contributed by atoms with Crippen LogP contribution >= 0.6 is 0 Å². The first kappa shape index (κ1) is 19.4. The average molecular weight is 400 g/mol. The lowest BCUT2D eigenvalue weighted by Gasteiger charge is -2.27. The molecule has 2 saturated heterocycles. The van der Waals surface area contributed by atoms with Crippen LogP contribution in [0, 0.1) is 32.1 Å². The molecule has 8 heteroatoms. The van der Waals surface area contributed by atoms with Crippen molar-refractivity contribution in [3.63, 3.8) is 0 Å². The van der Waals surface area contributed by atoms with E-state index in [0.29, 0.717) is 49.0 Å². The Hall–Kier alpha value is -2.87. The summed E-state index contributed by atoms with van der Waals surface area (Å²) in [6.45, 7) is 6.55. The molecular formula is C21H24N2O6. The van der Waals surface area contributed by atoms with Gasteiger partial charge in [0.1, 0.15) is 17.3 Å². The number of hydrogen-bond donors (Lipinski definition) is 1. The van der Waals surface area contributed by atoms with Crippen molar-refractivity contribution in [2.75, 3.05) is 32.8 Å². The minimum Gasteiger partial charge on any atom is -0.466 e. The van der Waals surface area contributed by atoms with Gasteiger partial charge in [-0.25, -0.2) is 0 Å². The zero-order chi connectivity index (χ0) is 20.9. The Balaban J connectivity index is 1.53. The summed E-state index contributed by atoms with van der Waals surface area (Å²) in [5, 5.41) is 10.1. The molecule has 0 radical (unpaired) electrons. The minimum absolute atomic E-state index is 0.000456. The number of carbonyl (C=O) groups excluding carboxylic acids is 2. The van der Waals surface area contributed by atoms with Gasteiger partial charge in [0.25, 0.3) is 11.8 Å². The molecule has 2 amide bonds. The van der Waals surface area contributed by atoms with Gasteiger partial charge in [-0.05, 0) is 26.8 Å². The van der Waals surface area contributed by atoms with E-state index in [1.54, 1.807) is 36.6 Å². The maximum Gasteiger partial charge on any atom is 0.289 e. The van der Waals surface area contributed by atoms with Crippen LogP contribution in [0.1, 0.15) is 38.2 Å². The van der Waals surface area contributed by atoms with Crippen LogP contribution in [0.2, 0.25) is 0 Å². The van der Waals surface area contributed by atoms with Gasteiger partial charge >= 0.3 is 0 Å². The largest absolute Gasteiger partial charge is 0.466 e. The van der Waals surface area contributed by atoms with Crippen molar-refractivity contribution in [1.82, 2.24) is 9.80 Å². The van der Waals surface area contributed by atoms with Crippen LogP contribution in [0.15, 0.2) is 31.8 Å². The lowest BCUT2D eigenvalue weighted by atomic mass is 9.82. The van der Waals surface area contributed by atoms with Gasteiger partial charge in [0, 0.05) is 49.6 Å². The summed E-state index contributed by atoms with van der Waals surface area (Å²) in [5.74, 6) is 1.09. The summed E-state index contributed by atoms with van der Waals surface area (Å²) < 4.78 is 10.9. The van der Waals surface area contributed by atoms with E-state index < -0.39 is 5.41 Å². The van der Waals surface area contributed by atoms with E-state index in [4.69, 9.17) is 8.83 Å². The number of carbonyl (C=O) groups is 2. The summed E-state index contributed by atoms with van der Waals surface area (Å²) in [4.78, 5) is 40.8. The highest BCUT2D eigenvalue weighted by molar-refractivity contribution is 5.96. The highest BCUT2D eigenvalue weighted by atomic mass is 16.4. The Kier molecular flexibility index (Phi) is 4.61. The predicted molar refractivity (Wildman–Crippen MR) is 103 cm³/mol. The van der Waals surface area contributed by atoms with Crippen molar-refractivity contribution in [2.45, 2.75) is 20.8 Å². The second-order valence-corrected chi connectivity index (χ2v) is 8.18. The summed E-state index contributed by atoms with van der Waals surface area (Å²) in [6.07, 6.45) is 0. The normalized spacial score (nSPS) is 23.5. The van der Waals surface area contributed by atoms with Gasteiger partial charge in [0.05, 0.1) is 12.2 Å². The highest BCUT2D eigenvalue weighted by Gasteiger charge is 2.54. The van der Waals surface area contributed by atoms with E-state index in [9.17, 15) is 19.5 Å². The number of nitrogens with zero attached hydrogens (tertiary/aromatic N) is 2. The van der Waals surface area contributed by atoms with Gasteiger partial charge in [0.15, 0.2) is 11.2 Å². The van der Waals surface area contributed by atoms with Gasteiger partial charge in [-0.3, -0.25) is 14.4 Å². The molecule has 0 spiro atoms. The van der Waals surface area contributed by atoms with E-state index >= 15 is 0 Å². The van der Waals surface area contributed by atoms with Crippen LogP contribution in [-0.2, 0) is 0 Å². The molecule has 8 nitrogen and oxygen atoms in total. The average Bonchev–Trinajstić information content (AvgIpc) is 3.29. The van der Waals surface area contributed by atoms with E-state index in [0.717, 1.165) is 0 Å². The highest BCUT2D eigenvalue weighted by Crippen LogP contribution is 2.43. The Bertz CT molecular complexity index is 1040. The number of amides is 2. The molecule has 2 aromatic rings. The van der Waals surface area contributed by atoms with Crippen molar-refractivity contribution in [1.29, 1.82) is 0 Å². The number of hydrogen-bond acceptors (Lipinski definition) is 6. The molecule has 2 atom stereocenters. The van der Waals surface area contributed by atoms with Crippen molar-refractivity contribution in [3.8, 4) is 0 Å². The van der Waals surface area contributed by atoms with Gasteiger partial charge in [-0.1, -0.05) is 0 Å². The summed E-state index contributed by atoms with van der Waals surface area (Å²) >= 11 is 0. The topological polar surface area (TPSA) is 104 Å². The second kappa shape index (κ2) is 6.88. The van der Waals surface area contributed by atoms with Gasteiger partial charge in [-0.2, -0.15) is 0 Å². The van der Waals surface area contributed by atoms with E-state index in [2.05, 4.69) is 0 Å². The predicted octanol–water partition coefficient (Wildman–Crippen LogP) is 1.36. The van der Waals surface area contributed by atoms with Crippen LogP contribution in [0.3, 0.4) is 0 Å². The fraction of sp³-hybridized carbons (Fsp3) is 0.476. The number of likely N-dealkylation sites (tertiary alicyclic amines) is 2. The Morgan fingerprint density at radius 2 is 1.66 bits per heavy atom. The molecule has 29 heavy (non-hydrogen) atoms. The molecule has 4 rings (SSSR count). The van der Waals surface area contributed by atoms with Crippen LogP contribution in [0.4, 0.5) is 0 Å². The lowest BCUT2D eigenvalue weighted by Crippen LogP contribution is -2.40. The van der Waals surface area contributed by atoms with E-state index in [1.165, 1.54) is 12.1 Å². The van der Waals surface area contributed by atoms with Gasteiger partial charge in [-0.15, -0.1) is 0 Å². The molecule has 2 aliphatic rings. The Morgan fingerprint density at radius 1 is 1.03 bits per heavy atom. The maximum atomic E-state index is 12.9. The Labute approximate surface area is 167 Å². The van der Waals surface area contributed by atoms with Gasteiger partial charge in [0.2, 0.25) is 0 Å². The van der Waals surface area contributed by atoms with Crippen molar-refractivity contribution < 1.29 is 23.5 Å². The molecular weight excluding hydrogens is 376 g/mol. The summed E-state index contributed by atoms with van der Waals surface area (Å²) in [5.41, 5.74) is -0.330. The molecule has 0 saturated carbocycles.